The van der Waals surface area contributed by atoms with Gasteiger partial charge in [0.15, 0.2) is 0 Å². The van der Waals surface area contributed by atoms with Crippen molar-refractivity contribution in [3.8, 4) is 0 Å². The normalized spacial score (nSPS) is 28.5. The van der Waals surface area contributed by atoms with E-state index in [1.165, 1.54) is 0 Å². The van der Waals surface area contributed by atoms with Gasteiger partial charge in [0, 0.05) is 19.0 Å². The topological polar surface area (TPSA) is 9.23 Å². The third-order valence-electron chi connectivity index (χ3n) is 1.32. The molecular weight excluding hydrogens is 113 g/mol. The molecule has 0 radical (unpaired) electrons. The van der Waals surface area contributed by atoms with Crippen molar-refractivity contribution in [3.63, 3.8) is 0 Å². The zero-order valence-corrected chi connectivity index (χ0v) is 4.44. The zero-order valence-electron chi connectivity index (χ0n) is 4.44. The lowest BCUT2D eigenvalue weighted by Crippen LogP contribution is -2.08. The fourth-order valence-electron chi connectivity index (χ4n) is 0.751. The Bertz CT molecular complexity index is 72.4. The minimum atomic E-state index is -2.18. The largest absolute Gasteiger partial charge is 0.543 e. The van der Waals surface area contributed by atoms with E-state index in [1.54, 1.807) is 0 Å². The Morgan fingerprint density at radius 1 is 1.50 bits per heavy atom. The second kappa shape index (κ2) is 2.44. The van der Waals surface area contributed by atoms with Crippen LogP contribution in [0.4, 0.5) is 8.63 Å². The number of hydrogen-bond acceptors (Lipinski definition) is 1. The van der Waals surface area contributed by atoms with Crippen LogP contribution in [-0.4, -0.2) is 20.5 Å². The summed E-state index contributed by atoms with van der Waals surface area (Å²) in [5.74, 6) is -0.491. The molecular formula is C4H7BF2O. The first-order valence-corrected chi connectivity index (χ1v) is 2.66. The molecule has 0 N–H and O–H groups in total. The highest BCUT2D eigenvalue weighted by Crippen LogP contribution is 2.22. The summed E-state index contributed by atoms with van der Waals surface area (Å²) in [5, 5.41) is 0. The van der Waals surface area contributed by atoms with Crippen LogP contribution in [0.2, 0.25) is 5.82 Å². The lowest BCUT2D eigenvalue weighted by Gasteiger charge is -1.97. The van der Waals surface area contributed by atoms with Gasteiger partial charge < -0.3 is 4.74 Å². The molecule has 0 aromatic rings. The minimum Gasteiger partial charge on any atom is -0.382 e. The van der Waals surface area contributed by atoms with Gasteiger partial charge in [-0.3, -0.25) is 8.63 Å². The van der Waals surface area contributed by atoms with E-state index in [-0.39, 0.29) is 6.61 Å². The van der Waals surface area contributed by atoms with Gasteiger partial charge >= 0.3 is 7.27 Å². The molecule has 0 aromatic heterocycles. The predicted molar refractivity (Wildman–Crippen MR) is 27.2 cm³/mol. The van der Waals surface area contributed by atoms with E-state index in [0.717, 1.165) is 0 Å². The van der Waals surface area contributed by atoms with Crippen molar-refractivity contribution in [1.82, 2.24) is 0 Å². The molecule has 0 saturated carbocycles. The van der Waals surface area contributed by atoms with Crippen LogP contribution in [0.15, 0.2) is 0 Å². The third kappa shape index (κ3) is 1.19. The summed E-state index contributed by atoms with van der Waals surface area (Å²) in [7, 11) is -2.18. The van der Waals surface area contributed by atoms with Gasteiger partial charge in [0.05, 0.1) is 0 Å². The molecule has 0 aliphatic carbocycles. The molecule has 0 spiro atoms. The second-order valence-corrected chi connectivity index (χ2v) is 1.96. The first-order chi connectivity index (χ1) is 3.80. The lowest BCUT2D eigenvalue weighted by molar-refractivity contribution is 0.196. The van der Waals surface area contributed by atoms with E-state index in [9.17, 15) is 8.63 Å². The average Bonchev–Trinajstić information content (AvgIpc) is 2.12. The molecule has 1 rings (SSSR count). The van der Waals surface area contributed by atoms with Crippen LogP contribution >= 0.6 is 0 Å². The molecule has 1 unspecified atom stereocenters. The van der Waals surface area contributed by atoms with Crippen molar-refractivity contribution < 1.29 is 13.4 Å². The van der Waals surface area contributed by atoms with Gasteiger partial charge in [0.1, 0.15) is 0 Å². The first kappa shape index (κ1) is 6.01. The van der Waals surface area contributed by atoms with Gasteiger partial charge in [-0.1, -0.05) is 0 Å². The predicted octanol–water partition coefficient (Wildman–Crippen LogP) is 1.20. The smallest absolute Gasteiger partial charge is 0.382 e. The van der Waals surface area contributed by atoms with Gasteiger partial charge in [0.25, 0.3) is 0 Å². The highest BCUT2D eigenvalue weighted by Gasteiger charge is 2.30. The highest BCUT2D eigenvalue weighted by molar-refractivity contribution is 6.44. The Morgan fingerprint density at radius 2 is 2.25 bits per heavy atom. The third-order valence-corrected chi connectivity index (χ3v) is 1.32. The lowest BCUT2D eigenvalue weighted by atomic mass is 9.78. The van der Waals surface area contributed by atoms with Crippen LogP contribution in [-0.2, 0) is 4.74 Å². The highest BCUT2D eigenvalue weighted by atomic mass is 19.2. The molecule has 1 saturated heterocycles. The monoisotopic (exact) mass is 120 g/mol. The summed E-state index contributed by atoms with van der Waals surface area (Å²) < 4.78 is 28.1. The van der Waals surface area contributed by atoms with E-state index in [1.807, 2.05) is 0 Å². The van der Waals surface area contributed by atoms with E-state index in [4.69, 9.17) is 4.74 Å². The molecule has 1 heterocycles. The maximum Gasteiger partial charge on any atom is 0.543 e. The molecule has 0 bridgehead atoms. The molecule has 8 heavy (non-hydrogen) atoms. The van der Waals surface area contributed by atoms with Crippen molar-refractivity contribution >= 4 is 7.27 Å². The molecule has 1 aliphatic heterocycles. The Kier molecular flexibility index (Phi) is 1.83. The number of ether oxygens (including phenoxy) is 1. The van der Waals surface area contributed by atoms with E-state index >= 15 is 0 Å². The van der Waals surface area contributed by atoms with Gasteiger partial charge in [-0.25, -0.2) is 0 Å². The number of hydrogen-bond donors (Lipinski definition) is 0. The molecule has 1 nitrogen and oxygen atoms in total. The van der Waals surface area contributed by atoms with Gasteiger partial charge in [-0.15, -0.1) is 0 Å². The van der Waals surface area contributed by atoms with E-state index in [0.29, 0.717) is 13.0 Å². The van der Waals surface area contributed by atoms with Gasteiger partial charge in [-0.2, -0.15) is 0 Å². The Labute approximate surface area is 47.2 Å². The quantitative estimate of drug-likeness (QED) is 0.472. The summed E-state index contributed by atoms with van der Waals surface area (Å²) >= 11 is 0. The van der Waals surface area contributed by atoms with Crippen LogP contribution in [0, 0.1) is 0 Å². The van der Waals surface area contributed by atoms with Crippen LogP contribution in [0.5, 0.6) is 0 Å². The van der Waals surface area contributed by atoms with Crippen molar-refractivity contribution in [1.29, 1.82) is 0 Å². The number of rotatable bonds is 1. The SMILES string of the molecule is FB(F)C1CCOC1. The minimum absolute atomic E-state index is 0.248. The Morgan fingerprint density at radius 3 is 2.50 bits per heavy atom. The maximum atomic E-state index is 11.7. The first-order valence-electron chi connectivity index (χ1n) is 2.66. The summed E-state index contributed by atoms with van der Waals surface area (Å²) in [5.41, 5.74) is 0. The number of halogens is 2. The Balaban J connectivity index is 2.24. The summed E-state index contributed by atoms with van der Waals surface area (Å²) in [6.07, 6.45) is 0.525. The van der Waals surface area contributed by atoms with Crippen LogP contribution in [0.25, 0.3) is 0 Å². The summed E-state index contributed by atoms with van der Waals surface area (Å²) in [6.45, 7) is 0.757. The standard InChI is InChI=1S/C4H7BF2O/c6-5(7)4-1-2-8-3-4/h4H,1-3H2. The van der Waals surface area contributed by atoms with Crippen molar-refractivity contribution in [2.45, 2.75) is 12.2 Å². The average molecular weight is 120 g/mol. The Hall–Kier alpha value is -0.115. The van der Waals surface area contributed by atoms with Crippen LogP contribution in [0.1, 0.15) is 6.42 Å². The maximum absolute atomic E-state index is 11.7. The molecule has 46 valence electrons. The van der Waals surface area contributed by atoms with Crippen LogP contribution < -0.4 is 0 Å². The molecule has 1 aliphatic rings. The van der Waals surface area contributed by atoms with Gasteiger partial charge in [-0.05, 0) is 6.42 Å². The van der Waals surface area contributed by atoms with E-state index in [2.05, 4.69) is 0 Å². The fourth-order valence-corrected chi connectivity index (χ4v) is 0.751. The molecule has 4 heteroatoms. The fraction of sp³-hybridized carbons (Fsp3) is 1.00. The molecule has 1 atom stereocenters. The van der Waals surface area contributed by atoms with E-state index < -0.39 is 13.1 Å². The summed E-state index contributed by atoms with van der Waals surface area (Å²) in [4.78, 5) is 0. The second-order valence-electron chi connectivity index (χ2n) is 1.96. The van der Waals surface area contributed by atoms with Crippen molar-refractivity contribution in [2.24, 2.45) is 0 Å². The molecule has 1 fully saturated rings. The van der Waals surface area contributed by atoms with Crippen molar-refractivity contribution in [3.05, 3.63) is 0 Å². The van der Waals surface area contributed by atoms with Gasteiger partial charge in [0.2, 0.25) is 0 Å². The zero-order chi connectivity index (χ0) is 5.98. The van der Waals surface area contributed by atoms with Crippen LogP contribution in [0.3, 0.4) is 0 Å². The molecule has 0 aromatic carbocycles. The van der Waals surface area contributed by atoms with Crippen molar-refractivity contribution in [2.75, 3.05) is 13.2 Å². The molecule has 0 amide bonds. The summed E-state index contributed by atoms with van der Waals surface area (Å²) in [6, 6.07) is 0.